The smallest absolute Gasteiger partial charge is 0.265 e. The molecule has 1 N–H and O–H groups in total. The monoisotopic (exact) mass is 505 g/mol. The molecule has 5 rings (SSSR count). The van der Waals surface area contributed by atoms with E-state index in [1.54, 1.807) is 30.0 Å². The van der Waals surface area contributed by atoms with Crippen molar-refractivity contribution in [3.63, 3.8) is 0 Å². The van der Waals surface area contributed by atoms with Crippen LogP contribution in [0.3, 0.4) is 0 Å². The lowest BCUT2D eigenvalue weighted by Gasteiger charge is -2.28. The highest BCUT2D eigenvalue weighted by molar-refractivity contribution is 8.00. The van der Waals surface area contributed by atoms with Crippen LogP contribution in [0.25, 0.3) is 21.3 Å². The Bertz CT molecular complexity index is 1510. The predicted molar refractivity (Wildman–Crippen MR) is 140 cm³/mol. The minimum absolute atomic E-state index is 0.00372. The molecule has 0 bridgehead atoms. The zero-order valence-corrected chi connectivity index (χ0v) is 21.1. The van der Waals surface area contributed by atoms with Crippen molar-refractivity contribution in [1.29, 1.82) is 0 Å². The average molecular weight is 506 g/mol. The van der Waals surface area contributed by atoms with Gasteiger partial charge in [0.15, 0.2) is 17.5 Å². The number of H-pyrrole nitrogens is 1. The second-order valence-corrected chi connectivity index (χ2v) is 10.5. The third-order valence-electron chi connectivity index (χ3n) is 5.95. The molecule has 1 amide bonds. The first-order valence-corrected chi connectivity index (χ1v) is 13.0. The Kier molecular flexibility index (Phi) is 6.21. The van der Waals surface area contributed by atoms with E-state index in [9.17, 15) is 14.4 Å². The number of amides is 1. The fourth-order valence-corrected chi connectivity index (χ4v) is 5.97. The summed E-state index contributed by atoms with van der Waals surface area (Å²) in [5.74, 6) is 0.325. The zero-order chi connectivity index (χ0) is 24.7. The minimum atomic E-state index is -0.500. The van der Waals surface area contributed by atoms with Crippen LogP contribution in [-0.2, 0) is 4.79 Å². The Balaban J connectivity index is 1.40. The van der Waals surface area contributed by atoms with Crippen LogP contribution in [0.5, 0.6) is 5.75 Å². The molecule has 4 aromatic rings. The van der Waals surface area contributed by atoms with Crippen molar-refractivity contribution in [2.75, 3.05) is 18.1 Å². The molecule has 2 aromatic heterocycles. The minimum Gasteiger partial charge on any atom is -0.482 e. The molecule has 178 valence electrons. The maximum Gasteiger partial charge on any atom is 0.265 e. The highest BCUT2D eigenvalue weighted by atomic mass is 32.2. The van der Waals surface area contributed by atoms with Crippen LogP contribution in [0.15, 0.2) is 57.8 Å². The van der Waals surface area contributed by atoms with Gasteiger partial charge < -0.3 is 14.6 Å². The summed E-state index contributed by atoms with van der Waals surface area (Å²) in [6, 6.07) is 13.1. The van der Waals surface area contributed by atoms with E-state index in [2.05, 4.69) is 9.97 Å². The van der Waals surface area contributed by atoms with Gasteiger partial charge in [-0.3, -0.25) is 14.4 Å². The first-order chi connectivity index (χ1) is 16.9. The number of likely N-dealkylation sites (N-methyl/N-ethyl adjacent to an activating group) is 1. The summed E-state index contributed by atoms with van der Waals surface area (Å²) in [6.45, 7) is 6.17. The highest BCUT2D eigenvalue weighted by Crippen LogP contribution is 2.35. The first kappa shape index (κ1) is 23.3. The molecule has 0 saturated carbocycles. The highest BCUT2D eigenvalue weighted by Gasteiger charge is 2.27. The number of hydrogen-bond acceptors (Lipinski definition) is 7. The second kappa shape index (κ2) is 9.31. The van der Waals surface area contributed by atoms with E-state index in [-0.39, 0.29) is 23.9 Å². The lowest BCUT2D eigenvalue weighted by atomic mass is 10.1. The van der Waals surface area contributed by atoms with E-state index in [0.717, 1.165) is 16.7 Å². The summed E-state index contributed by atoms with van der Waals surface area (Å²) < 4.78 is 5.50. The van der Waals surface area contributed by atoms with Crippen LogP contribution >= 0.6 is 23.1 Å². The van der Waals surface area contributed by atoms with Crippen LogP contribution in [0.4, 0.5) is 5.69 Å². The molecule has 1 atom stereocenters. The quantitative estimate of drug-likeness (QED) is 0.223. The molecule has 35 heavy (non-hydrogen) atoms. The van der Waals surface area contributed by atoms with E-state index in [1.165, 1.54) is 23.1 Å². The Morgan fingerprint density at radius 2 is 2.00 bits per heavy atom. The molecule has 1 aliphatic rings. The van der Waals surface area contributed by atoms with E-state index in [4.69, 9.17) is 4.74 Å². The molecule has 1 unspecified atom stereocenters. The Labute approximate surface area is 210 Å². The SMILES string of the molecule is CCN1C(=O)COc2ccc(C(=O)C(C)Sc3nc4scc(-c5ccc(C)cc5)c4c(=O)[nH]3)cc21. The number of aromatic amines is 1. The number of aromatic nitrogens is 2. The van der Waals surface area contributed by atoms with Crippen LogP contribution < -0.4 is 15.2 Å². The number of Topliss-reactive ketones (excluding diaryl/α,β-unsaturated/α-hetero) is 1. The van der Waals surface area contributed by atoms with Crippen LogP contribution in [-0.4, -0.2) is 40.1 Å². The van der Waals surface area contributed by atoms with Crippen molar-refractivity contribution in [3.8, 4) is 16.9 Å². The lowest BCUT2D eigenvalue weighted by molar-refractivity contribution is -0.121. The number of rotatable bonds is 6. The fraction of sp³-hybridized carbons (Fsp3) is 0.231. The third kappa shape index (κ3) is 4.37. The van der Waals surface area contributed by atoms with E-state index in [1.807, 2.05) is 43.5 Å². The molecule has 0 radical (unpaired) electrons. The lowest BCUT2D eigenvalue weighted by Crippen LogP contribution is -2.38. The summed E-state index contributed by atoms with van der Waals surface area (Å²) in [5.41, 5.74) is 3.82. The fourth-order valence-electron chi connectivity index (χ4n) is 4.09. The van der Waals surface area contributed by atoms with Crippen molar-refractivity contribution in [2.45, 2.75) is 31.2 Å². The molecule has 0 aliphatic carbocycles. The standard InChI is InChI=1S/C26H23N3O4S2/c1-4-29-19-11-17(9-10-20(19)33-12-21(29)30)23(31)15(3)35-26-27-24(32)22-18(13-34-25(22)28-26)16-7-5-14(2)6-8-16/h5-11,13,15H,4,12H2,1-3H3,(H,27,28,32). The van der Waals surface area contributed by atoms with E-state index in [0.29, 0.717) is 38.9 Å². The number of ether oxygens (including phenoxy) is 1. The second-order valence-electron chi connectivity index (χ2n) is 8.30. The molecule has 0 saturated heterocycles. The molecule has 3 heterocycles. The topological polar surface area (TPSA) is 92.4 Å². The number of benzene rings is 2. The van der Waals surface area contributed by atoms with Gasteiger partial charge in [0, 0.05) is 23.1 Å². The van der Waals surface area contributed by atoms with Gasteiger partial charge in [0.25, 0.3) is 11.5 Å². The Morgan fingerprint density at radius 3 is 2.74 bits per heavy atom. The third-order valence-corrected chi connectivity index (χ3v) is 7.80. The number of nitrogens with one attached hydrogen (secondary N) is 1. The number of nitrogens with zero attached hydrogens (tertiary/aromatic N) is 2. The maximum atomic E-state index is 13.2. The van der Waals surface area contributed by atoms with Gasteiger partial charge in [0.05, 0.1) is 16.3 Å². The largest absolute Gasteiger partial charge is 0.482 e. The van der Waals surface area contributed by atoms with Gasteiger partial charge in [-0.15, -0.1) is 11.3 Å². The molecule has 9 heteroatoms. The number of thiophene rings is 1. The van der Waals surface area contributed by atoms with Crippen molar-refractivity contribution < 1.29 is 14.3 Å². The molecule has 7 nitrogen and oxygen atoms in total. The van der Waals surface area contributed by atoms with Gasteiger partial charge in [-0.2, -0.15) is 0 Å². The van der Waals surface area contributed by atoms with Crippen molar-refractivity contribution in [1.82, 2.24) is 9.97 Å². The molecule has 2 aromatic carbocycles. The number of carbonyl (C=O) groups is 2. The van der Waals surface area contributed by atoms with Crippen molar-refractivity contribution in [2.24, 2.45) is 0 Å². The number of anilines is 1. The van der Waals surface area contributed by atoms with Crippen molar-refractivity contribution >= 4 is 50.7 Å². The number of aryl methyl sites for hydroxylation is 1. The van der Waals surface area contributed by atoms with Crippen molar-refractivity contribution in [3.05, 3.63) is 69.3 Å². The molecule has 1 aliphatic heterocycles. The normalized spacial score (nSPS) is 14.0. The molecular weight excluding hydrogens is 482 g/mol. The summed E-state index contributed by atoms with van der Waals surface area (Å²) in [6.07, 6.45) is 0. The number of hydrogen-bond donors (Lipinski definition) is 1. The maximum absolute atomic E-state index is 13.2. The predicted octanol–water partition coefficient (Wildman–Crippen LogP) is 5.07. The number of thioether (sulfide) groups is 1. The Morgan fingerprint density at radius 1 is 1.23 bits per heavy atom. The Hall–Kier alpha value is -3.43. The van der Waals surface area contributed by atoms with E-state index >= 15 is 0 Å². The summed E-state index contributed by atoms with van der Waals surface area (Å²) >= 11 is 2.62. The summed E-state index contributed by atoms with van der Waals surface area (Å²) in [7, 11) is 0. The van der Waals surface area contributed by atoms with Gasteiger partial charge in [0.1, 0.15) is 10.6 Å². The summed E-state index contributed by atoms with van der Waals surface area (Å²) in [4.78, 5) is 48.0. The van der Waals surface area contributed by atoms with Gasteiger partial charge >= 0.3 is 0 Å². The van der Waals surface area contributed by atoms with Gasteiger partial charge in [-0.1, -0.05) is 41.6 Å². The molecule has 0 spiro atoms. The first-order valence-electron chi connectivity index (χ1n) is 11.2. The molecular formula is C26H23N3O4S2. The van der Waals surface area contributed by atoms with Crippen LogP contribution in [0.2, 0.25) is 0 Å². The summed E-state index contributed by atoms with van der Waals surface area (Å²) in [5, 5.41) is 2.39. The number of fused-ring (bicyclic) bond motifs is 2. The molecule has 0 fully saturated rings. The number of ketones is 1. The van der Waals surface area contributed by atoms with Crippen LogP contribution in [0.1, 0.15) is 29.8 Å². The van der Waals surface area contributed by atoms with E-state index < -0.39 is 5.25 Å². The number of carbonyl (C=O) groups excluding carboxylic acids is 2. The van der Waals surface area contributed by atoms with Gasteiger partial charge in [-0.25, -0.2) is 4.98 Å². The average Bonchev–Trinajstić information content (AvgIpc) is 3.28. The van der Waals surface area contributed by atoms with Gasteiger partial charge in [0.2, 0.25) is 0 Å². The zero-order valence-electron chi connectivity index (χ0n) is 19.5. The van der Waals surface area contributed by atoms with Gasteiger partial charge in [-0.05, 0) is 44.5 Å². The van der Waals surface area contributed by atoms with Crippen LogP contribution in [0, 0.1) is 6.92 Å².